The minimum Gasteiger partial charge on any atom is -0.324 e. The van der Waals surface area contributed by atoms with Crippen molar-refractivity contribution in [3.05, 3.63) is 87.0 Å². The number of rotatable bonds is 5. The first-order valence-electron chi connectivity index (χ1n) is 10.3. The molecule has 2 aromatic carbocycles. The maximum atomic E-state index is 12.7. The first kappa shape index (κ1) is 22.7. The third-order valence-electron chi connectivity index (χ3n) is 5.59. The number of aryl methyl sites for hydroxylation is 1. The van der Waals surface area contributed by atoms with E-state index in [4.69, 9.17) is 28.2 Å². The van der Waals surface area contributed by atoms with Crippen LogP contribution in [0, 0.1) is 11.3 Å². The molecule has 0 fully saturated rings. The van der Waals surface area contributed by atoms with Crippen molar-refractivity contribution >= 4 is 46.6 Å². The smallest absolute Gasteiger partial charge is 0.237 e. The van der Waals surface area contributed by atoms with Crippen LogP contribution in [0.15, 0.2) is 59.6 Å². The number of halogens is 2. The number of nitrogens with one attached hydrogen (secondary N) is 1. The van der Waals surface area contributed by atoms with Crippen molar-refractivity contribution in [1.29, 1.82) is 5.26 Å². The predicted octanol–water partition coefficient (Wildman–Crippen LogP) is 6.65. The molecule has 0 saturated carbocycles. The van der Waals surface area contributed by atoms with Crippen molar-refractivity contribution in [2.45, 2.75) is 42.4 Å². The summed E-state index contributed by atoms with van der Waals surface area (Å²) < 4.78 is 0. The summed E-state index contributed by atoms with van der Waals surface area (Å²) in [6, 6.07) is 19.6. The Bertz CT molecular complexity index is 1190. The zero-order valence-corrected chi connectivity index (χ0v) is 19.8. The number of thioether (sulfide) groups is 1. The van der Waals surface area contributed by atoms with Crippen LogP contribution in [-0.4, -0.2) is 16.1 Å². The number of benzene rings is 2. The first-order valence-corrected chi connectivity index (χ1v) is 12.0. The number of amides is 1. The second-order valence-electron chi connectivity index (χ2n) is 7.78. The molecule has 4 rings (SSSR count). The number of hydrogen-bond acceptors (Lipinski definition) is 4. The van der Waals surface area contributed by atoms with Gasteiger partial charge in [0.2, 0.25) is 5.91 Å². The van der Waals surface area contributed by atoms with Crippen molar-refractivity contribution in [1.82, 2.24) is 4.98 Å². The van der Waals surface area contributed by atoms with E-state index in [0.717, 1.165) is 30.5 Å². The molecule has 3 aromatic rings. The highest BCUT2D eigenvalue weighted by Gasteiger charge is 2.25. The summed E-state index contributed by atoms with van der Waals surface area (Å²) in [4.78, 5) is 17.5. The number of carbonyl (C=O) groups excluding carboxylic acids is 1. The molecule has 7 heteroatoms. The number of anilines is 1. The molecule has 4 nitrogen and oxygen atoms in total. The van der Waals surface area contributed by atoms with E-state index in [9.17, 15) is 10.1 Å². The van der Waals surface area contributed by atoms with Gasteiger partial charge in [0, 0.05) is 10.7 Å². The van der Waals surface area contributed by atoms with Crippen LogP contribution in [0.4, 0.5) is 5.69 Å². The fourth-order valence-electron chi connectivity index (χ4n) is 3.87. The van der Waals surface area contributed by atoms with Gasteiger partial charge in [0.15, 0.2) is 0 Å². The van der Waals surface area contributed by atoms with E-state index in [1.165, 1.54) is 17.3 Å². The average Bonchev–Trinajstić information content (AvgIpc) is 2.81. The molecule has 1 heterocycles. The van der Waals surface area contributed by atoms with Crippen LogP contribution in [0.1, 0.15) is 41.6 Å². The number of nitriles is 1. The zero-order valence-electron chi connectivity index (χ0n) is 17.4. The van der Waals surface area contributed by atoms with Crippen LogP contribution < -0.4 is 5.32 Å². The lowest BCUT2D eigenvalue weighted by molar-refractivity contribution is -0.115. The van der Waals surface area contributed by atoms with Gasteiger partial charge in [0.05, 0.1) is 21.5 Å². The Kier molecular flexibility index (Phi) is 7.05. The molecule has 1 amide bonds. The first-order chi connectivity index (χ1) is 15.4. The summed E-state index contributed by atoms with van der Waals surface area (Å²) in [6.07, 6.45) is 2.74. The second kappa shape index (κ2) is 9.95. The van der Waals surface area contributed by atoms with E-state index in [1.807, 2.05) is 12.1 Å². The van der Waals surface area contributed by atoms with Crippen molar-refractivity contribution in [2.24, 2.45) is 0 Å². The third-order valence-corrected chi connectivity index (χ3v) is 7.25. The molecule has 2 unspecified atom stereocenters. The van der Waals surface area contributed by atoms with Crippen molar-refractivity contribution in [3.8, 4) is 6.07 Å². The van der Waals surface area contributed by atoms with E-state index in [0.29, 0.717) is 32.2 Å². The van der Waals surface area contributed by atoms with Gasteiger partial charge in [-0.15, -0.1) is 0 Å². The van der Waals surface area contributed by atoms with Gasteiger partial charge < -0.3 is 5.32 Å². The van der Waals surface area contributed by atoms with Gasteiger partial charge in [0.1, 0.15) is 11.1 Å². The van der Waals surface area contributed by atoms with Crippen molar-refractivity contribution in [3.63, 3.8) is 0 Å². The Morgan fingerprint density at radius 3 is 2.75 bits per heavy atom. The fourth-order valence-corrected chi connectivity index (χ4v) is 5.11. The van der Waals surface area contributed by atoms with Gasteiger partial charge in [-0.05, 0) is 67.5 Å². The molecule has 162 valence electrons. The number of fused-ring (bicyclic) bond motifs is 1. The number of nitrogens with zero attached hydrogens (tertiary/aromatic N) is 2. The van der Waals surface area contributed by atoms with Crippen molar-refractivity contribution in [2.75, 3.05) is 5.32 Å². The summed E-state index contributed by atoms with van der Waals surface area (Å²) in [6.45, 7) is 1.78. The van der Waals surface area contributed by atoms with Crippen molar-refractivity contribution < 1.29 is 4.79 Å². The minimum absolute atomic E-state index is 0.230. The van der Waals surface area contributed by atoms with Crippen LogP contribution in [0.3, 0.4) is 0 Å². The third kappa shape index (κ3) is 5.10. The van der Waals surface area contributed by atoms with E-state index >= 15 is 0 Å². The largest absolute Gasteiger partial charge is 0.324 e. The summed E-state index contributed by atoms with van der Waals surface area (Å²) in [7, 11) is 0. The molecule has 1 aliphatic carbocycles. The molecule has 2 atom stereocenters. The number of pyridine rings is 1. The molecule has 0 bridgehead atoms. The lowest BCUT2D eigenvalue weighted by atomic mass is 9.82. The maximum absolute atomic E-state index is 12.7. The van der Waals surface area contributed by atoms with Crippen LogP contribution in [-0.2, 0) is 17.6 Å². The van der Waals surface area contributed by atoms with Crippen LogP contribution in [0.2, 0.25) is 10.0 Å². The van der Waals surface area contributed by atoms with Crippen LogP contribution in [0.5, 0.6) is 0 Å². The number of hydrogen-bond donors (Lipinski definition) is 1. The van der Waals surface area contributed by atoms with E-state index < -0.39 is 5.25 Å². The Balaban J connectivity index is 1.50. The standard InChI is InChI=1S/C25H21Cl2N3OS/c1-15(24(31)29-23-13-20(26)8-9-21(23)27)32-25-19(14-28)12-18-11-17(7-10-22(18)30-25)16-5-3-2-4-6-16/h2-6,8-9,12-13,15,17H,7,10-11H2,1H3,(H,29,31). The topological polar surface area (TPSA) is 65.8 Å². The highest BCUT2D eigenvalue weighted by Crippen LogP contribution is 2.35. The van der Waals surface area contributed by atoms with Gasteiger partial charge in [-0.25, -0.2) is 4.98 Å². The van der Waals surface area contributed by atoms with Gasteiger partial charge >= 0.3 is 0 Å². The van der Waals surface area contributed by atoms with E-state index in [1.54, 1.807) is 25.1 Å². The SMILES string of the molecule is CC(Sc1nc2c(cc1C#N)CC(c1ccccc1)CC2)C(=O)Nc1cc(Cl)ccc1Cl. The lowest BCUT2D eigenvalue weighted by Crippen LogP contribution is -2.23. The molecule has 32 heavy (non-hydrogen) atoms. The van der Waals surface area contributed by atoms with Gasteiger partial charge in [-0.1, -0.05) is 65.3 Å². The number of carbonyl (C=O) groups is 1. The molecule has 1 N–H and O–H groups in total. The molecule has 0 radical (unpaired) electrons. The highest BCUT2D eigenvalue weighted by molar-refractivity contribution is 8.00. The molecule has 0 saturated heterocycles. The van der Waals surface area contributed by atoms with Gasteiger partial charge in [-0.3, -0.25) is 4.79 Å². The van der Waals surface area contributed by atoms with Crippen LogP contribution >= 0.6 is 35.0 Å². The second-order valence-corrected chi connectivity index (χ2v) is 9.96. The Morgan fingerprint density at radius 1 is 1.22 bits per heavy atom. The van der Waals surface area contributed by atoms with Crippen LogP contribution in [0.25, 0.3) is 0 Å². The van der Waals surface area contributed by atoms with Gasteiger partial charge in [-0.2, -0.15) is 5.26 Å². The molecule has 1 aromatic heterocycles. The average molecular weight is 482 g/mol. The number of aromatic nitrogens is 1. The Morgan fingerprint density at radius 2 is 2.00 bits per heavy atom. The molecule has 1 aliphatic rings. The monoisotopic (exact) mass is 481 g/mol. The molecule has 0 aliphatic heterocycles. The fraction of sp³-hybridized carbons (Fsp3) is 0.240. The normalized spacial score (nSPS) is 16.0. The Hall–Kier alpha value is -2.52. The summed E-state index contributed by atoms with van der Waals surface area (Å²) in [5, 5.41) is 13.5. The predicted molar refractivity (Wildman–Crippen MR) is 131 cm³/mol. The molecule has 0 spiro atoms. The summed E-state index contributed by atoms with van der Waals surface area (Å²) in [5.74, 6) is 0.203. The molecular formula is C25H21Cl2N3OS. The molecular weight excluding hydrogens is 461 g/mol. The lowest BCUT2D eigenvalue weighted by Gasteiger charge is -2.25. The van der Waals surface area contributed by atoms with E-state index in [-0.39, 0.29) is 5.91 Å². The van der Waals surface area contributed by atoms with E-state index in [2.05, 4.69) is 35.7 Å². The minimum atomic E-state index is -0.469. The summed E-state index contributed by atoms with van der Waals surface area (Å²) in [5.41, 5.74) is 4.42. The summed E-state index contributed by atoms with van der Waals surface area (Å²) >= 11 is 13.4. The Labute approximate surface area is 202 Å². The highest BCUT2D eigenvalue weighted by atomic mass is 35.5. The maximum Gasteiger partial charge on any atom is 0.237 e. The van der Waals surface area contributed by atoms with Gasteiger partial charge in [0.25, 0.3) is 0 Å². The quantitative estimate of drug-likeness (QED) is 0.414. The zero-order chi connectivity index (χ0) is 22.7.